The highest BCUT2D eigenvalue weighted by Gasteiger charge is 2.38. The highest BCUT2D eigenvalue weighted by atomic mass is 16.5. The summed E-state index contributed by atoms with van der Waals surface area (Å²) in [7, 11) is 1.34. The summed E-state index contributed by atoms with van der Waals surface area (Å²) in [6, 6.07) is 16.3. The van der Waals surface area contributed by atoms with Crippen molar-refractivity contribution in [2.45, 2.75) is 52.6 Å². The number of carbonyl (C=O) groups is 3. The molecule has 0 saturated carbocycles. The maximum absolute atomic E-state index is 13.2. The number of pyridine rings is 1. The number of nitrogens with zero attached hydrogens (tertiary/aromatic N) is 2. The Morgan fingerprint density at radius 2 is 1.78 bits per heavy atom. The predicted molar refractivity (Wildman–Crippen MR) is 143 cm³/mol. The number of methoxy groups -OCH3 is 1. The van der Waals surface area contributed by atoms with E-state index in [4.69, 9.17) is 4.74 Å². The van der Waals surface area contributed by atoms with Crippen LogP contribution in [0.5, 0.6) is 0 Å². The molecule has 192 valence electrons. The summed E-state index contributed by atoms with van der Waals surface area (Å²) in [5.74, 6) is -0.903. The summed E-state index contributed by atoms with van der Waals surface area (Å²) in [4.78, 5) is 44.0. The van der Waals surface area contributed by atoms with Crippen LogP contribution in [-0.2, 0) is 22.5 Å². The maximum atomic E-state index is 13.2. The zero-order valence-electron chi connectivity index (χ0n) is 21.8. The Bertz CT molecular complexity index is 1280. The molecule has 0 fully saturated rings. The number of carbonyl (C=O) groups excluding carboxylic acids is 3. The first-order chi connectivity index (χ1) is 17.8. The number of hydrogen-bond acceptors (Lipinski definition) is 5. The smallest absolute Gasteiger partial charge is 0.328 e. The molecule has 0 unspecified atom stereocenters. The van der Waals surface area contributed by atoms with Crippen molar-refractivity contribution in [3.8, 4) is 11.1 Å². The van der Waals surface area contributed by atoms with Gasteiger partial charge in [-0.25, -0.2) is 4.79 Å². The lowest BCUT2D eigenvalue weighted by Gasteiger charge is -2.28. The zero-order chi connectivity index (χ0) is 26.5. The largest absolute Gasteiger partial charge is 0.467 e. The third-order valence-electron chi connectivity index (χ3n) is 6.70. The van der Waals surface area contributed by atoms with Crippen molar-refractivity contribution in [2.24, 2.45) is 5.92 Å². The van der Waals surface area contributed by atoms with Gasteiger partial charge in [-0.1, -0.05) is 57.5 Å². The Labute approximate surface area is 217 Å². The predicted octanol–water partition coefficient (Wildman–Crippen LogP) is 5.50. The molecule has 1 aromatic heterocycles. The van der Waals surface area contributed by atoms with Gasteiger partial charge in [-0.15, -0.1) is 0 Å². The second kappa shape index (κ2) is 11.4. The van der Waals surface area contributed by atoms with Crippen LogP contribution in [0.15, 0.2) is 60.8 Å². The topological polar surface area (TPSA) is 88.6 Å². The quantitative estimate of drug-likeness (QED) is 0.393. The van der Waals surface area contributed by atoms with Crippen LogP contribution in [0.4, 0.5) is 5.69 Å². The van der Waals surface area contributed by atoms with Gasteiger partial charge in [0.15, 0.2) is 0 Å². The van der Waals surface area contributed by atoms with Gasteiger partial charge in [0.25, 0.3) is 11.8 Å². The third kappa shape index (κ3) is 5.71. The van der Waals surface area contributed by atoms with Crippen LogP contribution in [0, 0.1) is 5.92 Å². The number of nitrogens with one attached hydrogen (secondary N) is 1. The number of ether oxygens (including phenoxy) is 1. The van der Waals surface area contributed by atoms with Crippen molar-refractivity contribution in [1.29, 1.82) is 0 Å². The Morgan fingerprint density at radius 1 is 1.05 bits per heavy atom. The number of amides is 2. The summed E-state index contributed by atoms with van der Waals surface area (Å²) in [6.07, 6.45) is 4.94. The van der Waals surface area contributed by atoms with E-state index < -0.39 is 12.0 Å². The molecule has 0 spiro atoms. The van der Waals surface area contributed by atoms with Crippen molar-refractivity contribution in [2.75, 3.05) is 12.4 Å². The molecule has 2 aromatic carbocycles. The molecule has 1 aliphatic heterocycles. The van der Waals surface area contributed by atoms with Crippen LogP contribution in [0.2, 0.25) is 0 Å². The van der Waals surface area contributed by atoms with E-state index in [9.17, 15) is 14.4 Å². The van der Waals surface area contributed by atoms with E-state index in [1.54, 1.807) is 17.2 Å². The monoisotopic (exact) mass is 499 g/mol. The minimum absolute atomic E-state index is 0.0675. The van der Waals surface area contributed by atoms with E-state index in [1.165, 1.54) is 7.11 Å². The SMILES string of the molecule is CCCCc1ccc(C(=O)Nc2ccc(-c3ccc4c(c3)C(=O)N([C@H](C(=O)OC)C(C)C)C4)cc2)nc1. The lowest BCUT2D eigenvalue weighted by atomic mass is 10.00. The van der Waals surface area contributed by atoms with E-state index in [1.807, 2.05) is 62.4 Å². The van der Waals surface area contributed by atoms with Gasteiger partial charge in [0.1, 0.15) is 11.7 Å². The van der Waals surface area contributed by atoms with Crippen LogP contribution < -0.4 is 5.32 Å². The molecule has 7 nitrogen and oxygen atoms in total. The molecular formula is C30H33N3O4. The van der Waals surface area contributed by atoms with E-state index in [0.717, 1.165) is 41.5 Å². The molecule has 0 bridgehead atoms. The normalized spacial score (nSPS) is 13.4. The molecule has 0 radical (unpaired) electrons. The second-order valence-corrected chi connectivity index (χ2v) is 9.70. The van der Waals surface area contributed by atoms with Gasteiger partial charge in [-0.05, 0) is 65.3 Å². The zero-order valence-corrected chi connectivity index (χ0v) is 21.8. The number of anilines is 1. The fourth-order valence-electron chi connectivity index (χ4n) is 4.64. The van der Waals surface area contributed by atoms with Gasteiger partial charge in [0.2, 0.25) is 0 Å². The lowest BCUT2D eigenvalue weighted by Crippen LogP contribution is -2.45. The molecule has 1 aliphatic rings. The fourth-order valence-corrected chi connectivity index (χ4v) is 4.64. The summed E-state index contributed by atoms with van der Waals surface area (Å²) in [6.45, 7) is 6.34. The molecule has 2 amide bonds. The molecule has 3 aromatic rings. The van der Waals surface area contributed by atoms with Crippen molar-refractivity contribution in [3.05, 3.63) is 83.2 Å². The summed E-state index contributed by atoms with van der Waals surface area (Å²) in [5.41, 5.74) is 5.45. The number of aromatic nitrogens is 1. The Balaban J connectivity index is 1.45. The summed E-state index contributed by atoms with van der Waals surface area (Å²) < 4.78 is 4.95. The third-order valence-corrected chi connectivity index (χ3v) is 6.70. The maximum Gasteiger partial charge on any atom is 0.328 e. The van der Waals surface area contributed by atoms with E-state index >= 15 is 0 Å². The molecule has 0 saturated heterocycles. The number of hydrogen-bond donors (Lipinski definition) is 1. The van der Waals surface area contributed by atoms with Crippen molar-refractivity contribution < 1.29 is 19.1 Å². The average Bonchev–Trinajstić information content (AvgIpc) is 3.23. The molecule has 0 aliphatic carbocycles. The lowest BCUT2D eigenvalue weighted by molar-refractivity contribution is -0.147. The summed E-state index contributed by atoms with van der Waals surface area (Å²) >= 11 is 0. The van der Waals surface area contributed by atoms with Crippen LogP contribution in [0.25, 0.3) is 11.1 Å². The molecule has 2 heterocycles. The Kier molecular flexibility index (Phi) is 8.01. The van der Waals surface area contributed by atoms with Crippen molar-refractivity contribution >= 4 is 23.5 Å². The highest BCUT2D eigenvalue weighted by molar-refractivity contribution is 6.03. The first-order valence-electron chi connectivity index (χ1n) is 12.7. The minimum atomic E-state index is -0.627. The second-order valence-electron chi connectivity index (χ2n) is 9.70. The van der Waals surface area contributed by atoms with E-state index in [0.29, 0.717) is 23.5 Å². The number of unbranched alkanes of at least 4 members (excludes halogenated alkanes) is 1. The molecule has 1 atom stereocenters. The van der Waals surface area contributed by atoms with Crippen LogP contribution >= 0.6 is 0 Å². The number of benzene rings is 2. The molecule has 37 heavy (non-hydrogen) atoms. The Hall–Kier alpha value is -4.00. The highest BCUT2D eigenvalue weighted by Crippen LogP contribution is 2.32. The summed E-state index contributed by atoms with van der Waals surface area (Å²) in [5, 5.41) is 2.89. The van der Waals surface area contributed by atoms with Crippen molar-refractivity contribution in [1.82, 2.24) is 9.88 Å². The van der Waals surface area contributed by atoms with Gasteiger partial charge >= 0.3 is 5.97 Å². The van der Waals surface area contributed by atoms with Gasteiger partial charge in [0.05, 0.1) is 7.11 Å². The fraction of sp³-hybridized carbons (Fsp3) is 0.333. The van der Waals surface area contributed by atoms with Crippen molar-refractivity contribution in [3.63, 3.8) is 0 Å². The van der Waals surface area contributed by atoms with Crippen LogP contribution in [-0.4, -0.2) is 40.8 Å². The average molecular weight is 500 g/mol. The van der Waals surface area contributed by atoms with Gasteiger partial charge in [-0.2, -0.15) is 0 Å². The first kappa shape index (κ1) is 26.1. The van der Waals surface area contributed by atoms with Gasteiger partial charge in [0, 0.05) is 24.0 Å². The standard InChI is InChI=1S/C30H33N3O4/c1-5-6-7-20-8-15-26(31-17-20)28(34)32-24-13-11-21(12-14-24)22-9-10-23-18-33(29(35)25(23)16-22)27(19(2)3)30(36)37-4/h8-17,19,27H,5-7,18H2,1-4H3,(H,32,34)/t27-/m0/s1. The molecule has 4 rings (SSSR count). The first-order valence-corrected chi connectivity index (χ1v) is 12.7. The van der Waals surface area contributed by atoms with Crippen LogP contribution in [0.3, 0.4) is 0 Å². The molecular weight excluding hydrogens is 466 g/mol. The Morgan fingerprint density at radius 3 is 2.41 bits per heavy atom. The number of fused-ring (bicyclic) bond motifs is 1. The van der Waals surface area contributed by atoms with Gasteiger partial charge in [-0.3, -0.25) is 14.6 Å². The number of aryl methyl sites for hydroxylation is 1. The van der Waals surface area contributed by atoms with E-state index in [2.05, 4.69) is 17.2 Å². The molecule has 1 N–H and O–H groups in total. The number of esters is 1. The van der Waals surface area contributed by atoms with Crippen LogP contribution in [0.1, 0.15) is 65.6 Å². The van der Waals surface area contributed by atoms with E-state index in [-0.39, 0.29) is 17.7 Å². The minimum Gasteiger partial charge on any atom is -0.467 e. The number of rotatable bonds is 9. The van der Waals surface area contributed by atoms with Gasteiger partial charge < -0.3 is 15.0 Å². The molecule has 7 heteroatoms.